The van der Waals surface area contributed by atoms with Gasteiger partial charge in [-0.3, -0.25) is 0 Å². The second-order valence-electron chi connectivity index (χ2n) is 16.4. The summed E-state index contributed by atoms with van der Waals surface area (Å²) >= 11 is 0. The van der Waals surface area contributed by atoms with Gasteiger partial charge in [-0.1, -0.05) is 182 Å². The fourth-order valence-electron chi connectivity index (χ4n) is 8.29. The molecule has 2 saturated heterocycles. The molecule has 0 aliphatic carbocycles. The molecule has 11 heteroatoms. The van der Waals surface area contributed by atoms with Gasteiger partial charge in [0, 0.05) is 7.11 Å². The summed E-state index contributed by atoms with van der Waals surface area (Å²) in [6, 6.07) is 59.6. The zero-order valence-electron chi connectivity index (χ0n) is 37.3. The highest BCUT2D eigenvalue weighted by molar-refractivity contribution is 5.18. The van der Waals surface area contributed by atoms with Gasteiger partial charge in [0.25, 0.3) is 0 Å². The van der Waals surface area contributed by atoms with Crippen LogP contribution in [0.3, 0.4) is 0 Å². The number of aliphatic hydroxyl groups excluding tert-OH is 1. The van der Waals surface area contributed by atoms with Gasteiger partial charge in [-0.2, -0.15) is 0 Å². The molecule has 346 valence electrons. The molecule has 0 radical (unpaired) electrons. The Bertz CT molecular complexity index is 2060. The third-order valence-electron chi connectivity index (χ3n) is 11.7. The molecular formula is C55H60O11. The van der Waals surface area contributed by atoms with Gasteiger partial charge in [-0.15, -0.1) is 0 Å². The van der Waals surface area contributed by atoms with E-state index >= 15 is 0 Å². The fraction of sp³-hybridized carbons (Fsp3) is 0.345. The minimum Gasteiger partial charge on any atom is -0.394 e. The zero-order chi connectivity index (χ0) is 45.2. The van der Waals surface area contributed by atoms with E-state index in [0.29, 0.717) is 6.61 Å². The van der Waals surface area contributed by atoms with Gasteiger partial charge in [0.15, 0.2) is 12.6 Å². The molecule has 0 aromatic heterocycles. The molecule has 2 aliphatic heterocycles. The maximum Gasteiger partial charge on any atom is 0.187 e. The molecule has 8 rings (SSSR count). The molecule has 2 heterocycles. The van der Waals surface area contributed by atoms with Gasteiger partial charge >= 0.3 is 0 Å². The van der Waals surface area contributed by atoms with E-state index in [1.807, 2.05) is 182 Å². The standard InChI is InChI=1S/C55H60O11/c1-57-54-52(62-37-44-28-16-6-17-29-44)51(61-36-43-26-14-5-15-27-43)49(59-34-41-22-10-3-11-23-41)47(66-54)39-64-55-53(63-38-45-30-18-7-19-31-45)50(60-35-42-24-12-4-13-25-42)48(46(32-56)65-55)58-33-40-20-8-2-9-21-40/h2-31,46-56H,32-39H2,1H3/t46-,47-,48-,49-,50+,51+,52+,53+,54-,55+/m1/s1. The van der Waals surface area contributed by atoms with Crippen LogP contribution in [0.15, 0.2) is 182 Å². The molecule has 2 fully saturated rings. The third kappa shape index (κ3) is 13.3. The summed E-state index contributed by atoms with van der Waals surface area (Å²) in [5, 5.41) is 11.0. The van der Waals surface area contributed by atoms with Gasteiger partial charge in [0.1, 0.15) is 48.8 Å². The second kappa shape index (κ2) is 25.1. The first-order chi connectivity index (χ1) is 32.6. The smallest absolute Gasteiger partial charge is 0.187 e. The van der Waals surface area contributed by atoms with Gasteiger partial charge in [-0.05, 0) is 33.4 Å². The fourth-order valence-corrected chi connectivity index (χ4v) is 8.29. The van der Waals surface area contributed by atoms with Crippen molar-refractivity contribution in [3.8, 4) is 0 Å². The summed E-state index contributed by atoms with van der Waals surface area (Å²) in [7, 11) is 1.59. The first-order valence-corrected chi connectivity index (χ1v) is 22.6. The molecule has 6 aromatic rings. The molecule has 1 N–H and O–H groups in total. The average Bonchev–Trinajstić information content (AvgIpc) is 3.38. The first-order valence-electron chi connectivity index (χ1n) is 22.6. The monoisotopic (exact) mass is 896 g/mol. The van der Waals surface area contributed by atoms with E-state index in [1.54, 1.807) is 7.11 Å². The van der Waals surface area contributed by atoms with Crippen LogP contribution in [0.25, 0.3) is 0 Å². The van der Waals surface area contributed by atoms with Crippen LogP contribution in [-0.2, 0) is 87.0 Å². The average molecular weight is 897 g/mol. The maximum absolute atomic E-state index is 11.0. The highest BCUT2D eigenvalue weighted by Crippen LogP contribution is 2.35. The maximum atomic E-state index is 11.0. The Kier molecular flexibility index (Phi) is 18.0. The molecule has 0 bridgehead atoms. The number of ether oxygens (including phenoxy) is 10. The predicted octanol–water partition coefficient (Wildman–Crippen LogP) is 8.60. The van der Waals surface area contributed by atoms with E-state index in [4.69, 9.17) is 47.4 Å². The lowest BCUT2D eigenvalue weighted by Gasteiger charge is -2.47. The lowest BCUT2D eigenvalue weighted by molar-refractivity contribution is -0.350. The van der Waals surface area contributed by atoms with E-state index in [9.17, 15) is 5.11 Å². The molecule has 66 heavy (non-hydrogen) atoms. The Morgan fingerprint density at radius 2 is 0.606 bits per heavy atom. The Morgan fingerprint density at radius 1 is 0.333 bits per heavy atom. The number of rotatable bonds is 23. The van der Waals surface area contributed by atoms with Gasteiger partial charge in [0.2, 0.25) is 0 Å². The van der Waals surface area contributed by atoms with Crippen LogP contribution in [0.2, 0.25) is 0 Å². The lowest BCUT2D eigenvalue weighted by atomic mass is 9.97. The molecule has 0 saturated carbocycles. The van der Waals surface area contributed by atoms with Crippen molar-refractivity contribution in [1.82, 2.24) is 0 Å². The molecular weight excluding hydrogens is 837 g/mol. The molecule has 0 amide bonds. The SMILES string of the molecule is CO[C@@H]1O[C@H](CO[C@H]2O[C@H](CO)[C@@H](OCc3ccccc3)[C@H](OCc3ccccc3)[C@@H]2OCc2ccccc2)[C@@H](OCc2ccccc2)[C@H](OCc2ccccc2)[C@@H]1OCc1ccccc1. The van der Waals surface area contributed by atoms with Crippen LogP contribution in [0.1, 0.15) is 33.4 Å². The van der Waals surface area contributed by atoms with Crippen LogP contribution < -0.4 is 0 Å². The van der Waals surface area contributed by atoms with Gasteiger partial charge in [0.05, 0.1) is 52.9 Å². The third-order valence-corrected chi connectivity index (χ3v) is 11.7. The first kappa shape index (κ1) is 47.4. The minimum absolute atomic E-state index is 0.0368. The lowest BCUT2D eigenvalue weighted by Crippen LogP contribution is -2.64. The highest BCUT2D eigenvalue weighted by atomic mass is 16.7. The second-order valence-corrected chi connectivity index (χ2v) is 16.4. The topological polar surface area (TPSA) is 113 Å². The van der Waals surface area contributed by atoms with Crippen molar-refractivity contribution in [3.63, 3.8) is 0 Å². The summed E-state index contributed by atoms with van der Waals surface area (Å²) in [4.78, 5) is 0. The molecule has 0 spiro atoms. The number of hydrogen-bond acceptors (Lipinski definition) is 11. The van der Waals surface area contributed by atoms with E-state index < -0.39 is 61.4 Å². The highest BCUT2D eigenvalue weighted by Gasteiger charge is 2.52. The van der Waals surface area contributed by atoms with E-state index in [-0.39, 0.29) is 46.2 Å². The largest absolute Gasteiger partial charge is 0.394 e. The minimum atomic E-state index is -1.04. The summed E-state index contributed by atoms with van der Waals surface area (Å²) < 4.78 is 67.0. The molecule has 0 unspecified atom stereocenters. The van der Waals surface area contributed by atoms with Crippen LogP contribution >= 0.6 is 0 Å². The summed E-state index contributed by atoms with van der Waals surface area (Å²) in [6.45, 7) is 1.21. The van der Waals surface area contributed by atoms with Crippen molar-refractivity contribution >= 4 is 0 Å². The normalized spacial score (nSPS) is 25.4. The number of methoxy groups -OCH3 is 1. The molecule has 6 aromatic carbocycles. The molecule has 10 atom stereocenters. The summed E-state index contributed by atoms with van der Waals surface area (Å²) in [6.07, 6.45) is -7.87. The van der Waals surface area contributed by atoms with E-state index in [0.717, 1.165) is 33.4 Å². The predicted molar refractivity (Wildman–Crippen MR) is 247 cm³/mol. The Labute approximate surface area is 388 Å². The number of aliphatic hydroxyl groups is 1. The van der Waals surface area contributed by atoms with E-state index in [1.165, 1.54) is 0 Å². The quantitative estimate of drug-likeness (QED) is 0.0668. The van der Waals surface area contributed by atoms with Crippen LogP contribution in [0, 0.1) is 0 Å². The number of hydrogen-bond donors (Lipinski definition) is 1. The van der Waals surface area contributed by atoms with Crippen molar-refractivity contribution in [1.29, 1.82) is 0 Å². The van der Waals surface area contributed by atoms with E-state index in [2.05, 4.69) is 0 Å². The van der Waals surface area contributed by atoms with Crippen LogP contribution in [0.5, 0.6) is 0 Å². The van der Waals surface area contributed by atoms with Crippen molar-refractivity contribution in [2.75, 3.05) is 20.3 Å². The van der Waals surface area contributed by atoms with Gasteiger partial charge < -0.3 is 52.5 Å². The Hall–Kier alpha value is -5.12. The number of benzene rings is 6. The van der Waals surface area contributed by atoms with Crippen LogP contribution in [0.4, 0.5) is 0 Å². The zero-order valence-corrected chi connectivity index (χ0v) is 37.3. The van der Waals surface area contributed by atoms with Crippen molar-refractivity contribution < 1.29 is 52.5 Å². The van der Waals surface area contributed by atoms with Crippen molar-refractivity contribution in [2.24, 2.45) is 0 Å². The van der Waals surface area contributed by atoms with Crippen molar-refractivity contribution in [2.45, 2.75) is 101 Å². The van der Waals surface area contributed by atoms with Gasteiger partial charge in [-0.25, -0.2) is 0 Å². The molecule has 2 aliphatic rings. The summed E-state index contributed by atoms with van der Waals surface area (Å²) in [5.74, 6) is 0. The van der Waals surface area contributed by atoms with Crippen molar-refractivity contribution in [3.05, 3.63) is 215 Å². The molecule has 11 nitrogen and oxygen atoms in total. The van der Waals surface area contributed by atoms with Crippen LogP contribution in [-0.4, -0.2) is 86.8 Å². The Balaban J connectivity index is 1.10. The Morgan fingerprint density at radius 3 is 0.924 bits per heavy atom. The summed E-state index contributed by atoms with van der Waals surface area (Å²) in [5.41, 5.74) is 5.85.